The molecule has 0 spiro atoms. The molecule has 3 nitrogen and oxygen atoms in total. The second-order valence-electron chi connectivity index (χ2n) is 6.01. The molecule has 1 N–H and O–H groups in total. The lowest BCUT2D eigenvalue weighted by Gasteiger charge is -2.39. The van der Waals surface area contributed by atoms with E-state index < -0.39 is 0 Å². The van der Waals surface area contributed by atoms with Crippen LogP contribution in [0.1, 0.15) is 31.2 Å². The Morgan fingerprint density at radius 2 is 2.11 bits per heavy atom. The zero-order valence-electron chi connectivity index (χ0n) is 11.4. The van der Waals surface area contributed by atoms with Crippen LogP contribution in [0, 0.1) is 5.92 Å². The molecule has 3 atom stereocenters. The topological polar surface area (TPSA) is 28.4 Å². The van der Waals surface area contributed by atoms with Gasteiger partial charge in [0, 0.05) is 18.1 Å². The molecule has 3 rings (SSSR count). The molecule has 0 radical (unpaired) electrons. The maximum atomic E-state index is 5.18. The van der Waals surface area contributed by atoms with Crippen molar-refractivity contribution < 1.29 is 4.42 Å². The van der Waals surface area contributed by atoms with E-state index in [4.69, 9.17) is 4.42 Å². The van der Waals surface area contributed by atoms with Crippen molar-refractivity contribution in [3.63, 3.8) is 0 Å². The Hall–Kier alpha value is -0.800. The fourth-order valence-electron chi connectivity index (χ4n) is 3.95. The van der Waals surface area contributed by atoms with Crippen molar-refractivity contribution in [3.05, 3.63) is 24.2 Å². The van der Waals surface area contributed by atoms with Gasteiger partial charge >= 0.3 is 0 Å². The molecule has 2 fully saturated rings. The van der Waals surface area contributed by atoms with Crippen LogP contribution in [-0.4, -0.2) is 37.1 Å². The molecule has 2 saturated heterocycles. The van der Waals surface area contributed by atoms with E-state index in [0.29, 0.717) is 6.04 Å². The van der Waals surface area contributed by atoms with Crippen LogP contribution in [0.4, 0.5) is 0 Å². The fraction of sp³-hybridized carbons (Fsp3) is 0.733. The Morgan fingerprint density at radius 3 is 2.67 bits per heavy atom. The number of hydrogen-bond donors (Lipinski definition) is 1. The van der Waals surface area contributed by atoms with E-state index >= 15 is 0 Å². The molecule has 0 aromatic carbocycles. The third-order valence-electron chi connectivity index (χ3n) is 5.11. The Labute approximate surface area is 110 Å². The first-order valence-electron chi connectivity index (χ1n) is 7.18. The Bertz CT molecular complexity index is 362. The zero-order chi connectivity index (χ0) is 12.5. The molecule has 3 unspecified atom stereocenters. The monoisotopic (exact) mass is 248 g/mol. The first kappa shape index (κ1) is 12.2. The SMILES string of the molecule is CNC(Cc1ccoc1)C1CC2CCC(C1)N2C. The van der Waals surface area contributed by atoms with E-state index in [-0.39, 0.29) is 0 Å². The van der Waals surface area contributed by atoms with Crippen LogP contribution in [-0.2, 0) is 6.42 Å². The number of likely N-dealkylation sites (N-methyl/N-ethyl adjacent to an activating group) is 1. The van der Waals surface area contributed by atoms with Gasteiger partial charge in [-0.1, -0.05) is 0 Å². The van der Waals surface area contributed by atoms with Crippen LogP contribution >= 0.6 is 0 Å². The summed E-state index contributed by atoms with van der Waals surface area (Å²) in [5, 5.41) is 3.53. The number of furan rings is 1. The molecule has 2 aliphatic heterocycles. The first-order chi connectivity index (χ1) is 8.78. The molecule has 0 amide bonds. The van der Waals surface area contributed by atoms with E-state index in [9.17, 15) is 0 Å². The van der Waals surface area contributed by atoms with E-state index in [1.165, 1.54) is 31.2 Å². The van der Waals surface area contributed by atoms with Gasteiger partial charge in [-0.3, -0.25) is 0 Å². The average Bonchev–Trinajstić information content (AvgIpc) is 2.93. The summed E-state index contributed by atoms with van der Waals surface area (Å²) >= 11 is 0. The maximum absolute atomic E-state index is 5.18. The van der Waals surface area contributed by atoms with Gasteiger partial charge < -0.3 is 14.6 Å². The highest BCUT2D eigenvalue weighted by molar-refractivity contribution is 5.09. The van der Waals surface area contributed by atoms with Gasteiger partial charge in [-0.25, -0.2) is 0 Å². The minimum Gasteiger partial charge on any atom is -0.472 e. The fourth-order valence-corrected chi connectivity index (χ4v) is 3.95. The molecular formula is C15H24N2O. The Kier molecular flexibility index (Phi) is 3.44. The summed E-state index contributed by atoms with van der Waals surface area (Å²) in [5.74, 6) is 0.818. The van der Waals surface area contributed by atoms with E-state index in [2.05, 4.69) is 30.4 Å². The number of hydrogen-bond acceptors (Lipinski definition) is 3. The molecule has 0 aliphatic carbocycles. The minimum atomic E-state index is 0.597. The van der Waals surface area contributed by atoms with Gasteiger partial charge in [0.2, 0.25) is 0 Å². The van der Waals surface area contributed by atoms with Gasteiger partial charge in [0.1, 0.15) is 0 Å². The average molecular weight is 248 g/mol. The molecule has 2 bridgehead atoms. The lowest BCUT2D eigenvalue weighted by molar-refractivity contribution is 0.114. The smallest absolute Gasteiger partial charge is 0.0935 e. The summed E-state index contributed by atoms with van der Waals surface area (Å²) in [6.45, 7) is 0. The largest absolute Gasteiger partial charge is 0.472 e. The maximum Gasteiger partial charge on any atom is 0.0935 e. The standard InChI is InChI=1S/C15H24N2O/c1-16-15(7-11-5-6-18-10-11)12-8-13-3-4-14(9-12)17(13)2/h5-6,10,12-16H,3-4,7-9H2,1-2H3. The first-order valence-corrected chi connectivity index (χ1v) is 7.18. The van der Waals surface area contributed by atoms with Crippen LogP contribution in [0.15, 0.2) is 23.0 Å². The predicted octanol–water partition coefficient (Wildman–Crippen LogP) is 2.28. The number of nitrogens with zero attached hydrogens (tertiary/aromatic N) is 1. The number of fused-ring (bicyclic) bond motifs is 2. The van der Waals surface area contributed by atoms with Gasteiger partial charge in [-0.05, 0) is 63.7 Å². The van der Waals surface area contributed by atoms with Crippen LogP contribution < -0.4 is 5.32 Å². The Balaban J connectivity index is 1.66. The van der Waals surface area contributed by atoms with Gasteiger partial charge in [0.15, 0.2) is 0 Å². The molecule has 1 aromatic rings. The van der Waals surface area contributed by atoms with Crippen LogP contribution in [0.3, 0.4) is 0 Å². The molecular weight excluding hydrogens is 224 g/mol. The van der Waals surface area contributed by atoms with Crippen molar-refractivity contribution in [2.45, 2.75) is 50.2 Å². The third-order valence-corrected chi connectivity index (χ3v) is 5.11. The lowest BCUT2D eigenvalue weighted by atomic mass is 9.83. The normalized spacial score (nSPS) is 33.8. The van der Waals surface area contributed by atoms with Gasteiger partial charge in [0.25, 0.3) is 0 Å². The quantitative estimate of drug-likeness (QED) is 0.886. The zero-order valence-corrected chi connectivity index (χ0v) is 11.4. The van der Waals surface area contributed by atoms with Crippen molar-refractivity contribution >= 4 is 0 Å². The summed E-state index contributed by atoms with van der Waals surface area (Å²) < 4.78 is 5.18. The van der Waals surface area contributed by atoms with E-state index in [0.717, 1.165) is 24.4 Å². The Morgan fingerprint density at radius 1 is 1.39 bits per heavy atom. The van der Waals surface area contributed by atoms with Gasteiger partial charge in [-0.2, -0.15) is 0 Å². The van der Waals surface area contributed by atoms with Crippen LogP contribution in [0.2, 0.25) is 0 Å². The molecule has 18 heavy (non-hydrogen) atoms. The number of rotatable bonds is 4. The summed E-state index contributed by atoms with van der Waals surface area (Å²) in [5.41, 5.74) is 1.32. The van der Waals surface area contributed by atoms with Gasteiger partial charge in [-0.15, -0.1) is 0 Å². The molecule has 0 saturated carbocycles. The molecule has 2 aliphatic rings. The molecule has 100 valence electrons. The third kappa shape index (κ3) is 2.21. The van der Waals surface area contributed by atoms with E-state index in [1.54, 1.807) is 6.26 Å². The van der Waals surface area contributed by atoms with Crippen molar-refractivity contribution in [1.82, 2.24) is 10.2 Å². The summed E-state index contributed by atoms with van der Waals surface area (Å²) in [4.78, 5) is 2.61. The summed E-state index contributed by atoms with van der Waals surface area (Å²) in [7, 11) is 4.41. The van der Waals surface area contributed by atoms with Crippen LogP contribution in [0.25, 0.3) is 0 Å². The van der Waals surface area contributed by atoms with Gasteiger partial charge in [0.05, 0.1) is 12.5 Å². The van der Waals surface area contributed by atoms with E-state index in [1.807, 2.05) is 6.26 Å². The highest BCUT2D eigenvalue weighted by Crippen LogP contribution is 2.39. The highest BCUT2D eigenvalue weighted by Gasteiger charge is 2.40. The van der Waals surface area contributed by atoms with Crippen molar-refractivity contribution in [2.24, 2.45) is 5.92 Å². The van der Waals surface area contributed by atoms with Crippen molar-refractivity contribution in [2.75, 3.05) is 14.1 Å². The molecule has 3 heteroatoms. The second-order valence-corrected chi connectivity index (χ2v) is 6.01. The molecule has 1 aromatic heterocycles. The predicted molar refractivity (Wildman–Crippen MR) is 72.6 cm³/mol. The summed E-state index contributed by atoms with van der Waals surface area (Å²) in [6, 6.07) is 4.34. The van der Waals surface area contributed by atoms with Crippen molar-refractivity contribution in [3.8, 4) is 0 Å². The van der Waals surface area contributed by atoms with Crippen LogP contribution in [0.5, 0.6) is 0 Å². The second kappa shape index (κ2) is 5.06. The number of piperidine rings is 1. The lowest BCUT2D eigenvalue weighted by Crippen LogP contribution is -2.47. The van der Waals surface area contributed by atoms with Crippen molar-refractivity contribution in [1.29, 1.82) is 0 Å². The highest BCUT2D eigenvalue weighted by atomic mass is 16.3. The summed E-state index contributed by atoms with van der Waals surface area (Å²) in [6.07, 6.45) is 10.3. The minimum absolute atomic E-state index is 0.597. The molecule has 3 heterocycles. The number of nitrogens with one attached hydrogen (secondary N) is 1.